The lowest BCUT2D eigenvalue weighted by atomic mass is 9.77. The van der Waals surface area contributed by atoms with E-state index < -0.39 is 70.6 Å². The number of anilines is 1. The van der Waals surface area contributed by atoms with Crippen LogP contribution in [0.5, 0.6) is 5.75 Å². The molecule has 4 aliphatic carbocycles. The molecule has 13 heteroatoms. The smallest absolute Gasteiger partial charge is 0.408 e. The summed E-state index contributed by atoms with van der Waals surface area (Å²) in [5.41, 5.74) is -2.69. The number of rotatable bonds is 5. The Hall–Kier alpha value is -3.95. The molecule has 7 aliphatic rings. The molecule has 2 bridgehead atoms. The van der Waals surface area contributed by atoms with Crippen molar-refractivity contribution in [3.05, 3.63) is 18.3 Å². The molecule has 1 spiro atoms. The van der Waals surface area contributed by atoms with Gasteiger partial charge in [-0.15, -0.1) is 0 Å². The van der Waals surface area contributed by atoms with E-state index in [4.69, 9.17) is 9.47 Å². The second kappa shape index (κ2) is 10.3. The van der Waals surface area contributed by atoms with Crippen LogP contribution in [0.25, 0.3) is 0 Å². The number of nitrogens with zero attached hydrogens (tertiary/aromatic N) is 4. The van der Waals surface area contributed by atoms with Gasteiger partial charge in [0.15, 0.2) is 11.6 Å². The van der Waals surface area contributed by atoms with Gasteiger partial charge in [-0.2, -0.15) is 5.26 Å². The SMILES string of the molecule is CC(C)(C)C(NC(=O)OC1(C2CC2)CC1)C(=O)N1CC2C3CC(F)C(C3)C2C1C(=O)N1CC2(CC1C#N)Oc1cccnc1NC2=O. The first-order valence-electron chi connectivity index (χ1n) is 16.9. The van der Waals surface area contributed by atoms with Gasteiger partial charge in [-0.3, -0.25) is 14.4 Å². The number of fused-ring (bicyclic) bond motifs is 6. The van der Waals surface area contributed by atoms with Crippen LogP contribution in [0.1, 0.15) is 65.7 Å². The molecule has 0 aromatic carbocycles. The van der Waals surface area contributed by atoms with Gasteiger partial charge in [0, 0.05) is 19.2 Å². The van der Waals surface area contributed by atoms with Crippen LogP contribution >= 0.6 is 0 Å². The maximum atomic E-state index is 15.3. The number of ether oxygens (including phenoxy) is 2. The maximum Gasteiger partial charge on any atom is 0.408 e. The maximum absolute atomic E-state index is 15.3. The molecule has 4 amide bonds. The molecule has 3 aliphatic heterocycles. The van der Waals surface area contributed by atoms with Crippen LogP contribution in [0.4, 0.5) is 15.0 Å². The average molecular weight is 649 g/mol. The number of pyridine rings is 1. The van der Waals surface area contributed by atoms with Gasteiger partial charge in [-0.05, 0) is 85.7 Å². The summed E-state index contributed by atoms with van der Waals surface area (Å²) in [6.45, 7) is 5.60. The van der Waals surface area contributed by atoms with Crippen LogP contribution in [0.2, 0.25) is 0 Å². The summed E-state index contributed by atoms with van der Waals surface area (Å²) < 4.78 is 27.4. The van der Waals surface area contributed by atoms with Crippen LogP contribution in [-0.4, -0.2) is 87.2 Å². The summed E-state index contributed by atoms with van der Waals surface area (Å²) in [5.74, 6) is -1.31. The fourth-order valence-electron chi connectivity index (χ4n) is 9.40. The number of carbonyl (C=O) groups is 4. The largest absolute Gasteiger partial charge is 0.472 e. The van der Waals surface area contributed by atoms with Crippen LogP contribution in [0.3, 0.4) is 0 Å². The minimum Gasteiger partial charge on any atom is -0.472 e. The second-order valence-electron chi connectivity index (χ2n) is 16.0. The lowest BCUT2D eigenvalue weighted by Gasteiger charge is -2.39. The Balaban J connectivity index is 1.09. The van der Waals surface area contributed by atoms with Crippen molar-refractivity contribution in [1.82, 2.24) is 20.1 Å². The first kappa shape index (κ1) is 30.4. The fraction of sp³-hybridized carbons (Fsp3) is 0.706. The van der Waals surface area contributed by atoms with Gasteiger partial charge in [0.2, 0.25) is 17.4 Å². The van der Waals surface area contributed by atoms with Crippen molar-refractivity contribution < 1.29 is 33.0 Å². The molecule has 250 valence electrons. The number of likely N-dealkylation sites (tertiary alicyclic amines) is 2. The molecule has 9 unspecified atom stereocenters. The van der Waals surface area contributed by atoms with Crippen LogP contribution < -0.4 is 15.4 Å². The van der Waals surface area contributed by atoms with Gasteiger partial charge >= 0.3 is 6.09 Å². The Kier molecular flexibility index (Phi) is 6.64. The molecule has 4 heterocycles. The van der Waals surface area contributed by atoms with Crippen molar-refractivity contribution in [2.24, 2.45) is 35.0 Å². The summed E-state index contributed by atoms with van der Waals surface area (Å²) >= 11 is 0. The summed E-state index contributed by atoms with van der Waals surface area (Å²) in [6.07, 6.45) is 4.49. The highest BCUT2D eigenvalue weighted by molar-refractivity contribution is 6.01. The highest BCUT2D eigenvalue weighted by Crippen LogP contribution is 2.59. The number of nitrogens with one attached hydrogen (secondary N) is 2. The topological polar surface area (TPSA) is 154 Å². The van der Waals surface area contributed by atoms with E-state index >= 15 is 4.39 Å². The van der Waals surface area contributed by atoms with Gasteiger partial charge in [-0.1, -0.05) is 20.8 Å². The van der Waals surface area contributed by atoms with Gasteiger partial charge in [-0.25, -0.2) is 14.2 Å². The number of hydrogen-bond donors (Lipinski definition) is 2. The van der Waals surface area contributed by atoms with Crippen LogP contribution in [0.15, 0.2) is 18.3 Å². The van der Waals surface area contributed by atoms with Crippen molar-refractivity contribution in [1.29, 1.82) is 5.26 Å². The third kappa shape index (κ3) is 4.76. The minimum atomic E-state index is -1.52. The molecular formula is C34H41FN6O6. The molecule has 2 saturated heterocycles. The molecule has 1 aromatic rings. The Morgan fingerprint density at radius 2 is 1.98 bits per heavy atom. The van der Waals surface area contributed by atoms with Crippen LogP contribution in [0, 0.1) is 46.3 Å². The number of carbonyl (C=O) groups excluding carboxylic acids is 4. The standard InChI is InChI=1S/C34H41FN6O6/c1-32(2,3)26(38-31(45)47-33(8-9-33)18-6-7-18)29(43)40-15-21-17-11-20(22(35)12-17)24(21)25(40)28(42)41-16-34(13-19(41)14-36)30(44)39-27-23(46-34)5-4-10-37-27/h4-5,10,17-22,24-26H,6-9,11-13,15-16H2,1-3H3,(H,38,45)(H,37,39,44). The van der Waals surface area contributed by atoms with E-state index in [0.29, 0.717) is 24.5 Å². The summed E-state index contributed by atoms with van der Waals surface area (Å²) in [7, 11) is 0. The first-order valence-corrected chi connectivity index (χ1v) is 16.9. The number of aromatic nitrogens is 1. The lowest BCUT2D eigenvalue weighted by Crippen LogP contribution is -2.60. The van der Waals surface area contributed by atoms with Gasteiger partial charge in [0.05, 0.1) is 12.6 Å². The van der Waals surface area contributed by atoms with Gasteiger partial charge in [0.1, 0.15) is 29.9 Å². The third-order valence-electron chi connectivity index (χ3n) is 12.0. The fourth-order valence-corrected chi connectivity index (χ4v) is 9.40. The molecule has 6 fully saturated rings. The van der Waals surface area contributed by atoms with E-state index in [0.717, 1.165) is 25.7 Å². The quantitative estimate of drug-likeness (QED) is 0.494. The minimum absolute atomic E-state index is 0.0421. The first-order chi connectivity index (χ1) is 22.3. The van der Waals surface area contributed by atoms with E-state index in [-0.39, 0.29) is 43.1 Å². The molecule has 8 rings (SSSR count). The average Bonchev–Trinajstić information content (AvgIpc) is 3.87. The molecule has 12 nitrogen and oxygen atoms in total. The summed E-state index contributed by atoms with van der Waals surface area (Å²) in [4.78, 5) is 63.0. The normalized spacial score (nSPS) is 36.6. The Labute approximate surface area is 272 Å². The van der Waals surface area contributed by atoms with E-state index in [2.05, 4.69) is 21.7 Å². The van der Waals surface area contributed by atoms with Gasteiger partial charge in [0.25, 0.3) is 5.91 Å². The molecule has 0 radical (unpaired) electrons. The number of hydrogen-bond acceptors (Lipinski definition) is 8. The Morgan fingerprint density at radius 1 is 1.21 bits per heavy atom. The van der Waals surface area contributed by atoms with E-state index in [1.165, 1.54) is 16.0 Å². The number of alkyl halides is 1. The van der Waals surface area contributed by atoms with Crippen molar-refractivity contribution >= 4 is 29.6 Å². The number of halogens is 1. The predicted molar refractivity (Wildman–Crippen MR) is 163 cm³/mol. The molecule has 4 saturated carbocycles. The molecule has 2 N–H and O–H groups in total. The number of amides is 4. The van der Waals surface area contributed by atoms with Gasteiger partial charge < -0.3 is 29.9 Å². The predicted octanol–water partition coefficient (Wildman–Crippen LogP) is 3.18. The van der Waals surface area contributed by atoms with Crippen molar-refractivity contribution in [2.45, 2.75) is 101 Å². The number of alkyl carbamates (subject to hydrolysis) is 1. The second-order valence-corrected chi connectivity index (χ2v) is 16.0. The van der Waals surface area contributed by atoms with E-state index in [9.17, 15) is 24.4 Å². The third-order valence-corrected chi connectivity index (χ3v) is 12.0. The molecule has 1 aromatic heterocycles. The van der Waals surface area contributed by atoms with E-state index in [1.54, 1.807) is 12.1 Å². The highest BCUT2D eigenvalue weighted by atomic mass is 19.1. The molecule has 9 atom stereocenters. The highest BCUT2D eigenvalue weighted by Gasteiger charge is 2.66. The summed E-state index contributed by atoms with van der Waals surface area (Å²) in [5, 5.41) is 15.8. The monoisotopic (exact) mass is 648 g/mol. The summed E-state index contributed by atoms with van der Waals surface area (Å²) in [6, 6.07) is 2.44. The van der Waals surface area contributed by atoms with Crippen molar-refractivity contribution in [3.63, 3.8) is 0 Å². The Morgan fingerprint density at radius 3 is 2.66 bits per heavy atom. The lowest BCUT2D eigenvalue weighted by molar-refractivity contribution is -0.149. The van der Waals surface area contributed by atoms with Crippen LogP contribution in [-0.2, 0) is 19.1 Å². The Bertz CT molecular complexity index is 1580. The zero-order chi connectivity index (χ0) is 33.0. The number of nitriles is 1. The van der Waals surface area contributed by atoms with Crippen molar-refractivity contribution in [2.75, 3.05) is 18.4 Å². The zero-order valence-electron chi connectivity index (χ0n) is 26.9. The van der Waals surface area contributed by atoms with E-state index in [1.807, 2.05) is 20.8 Å². The van der Waals surface area contributed by atoms with Crippen molar-refractivity contribution in [3.8, 4) is 11.8 Å². The molecular weight excluding hydrogens is 607 g/mol. The molecule has 47 heavy (non-hydrogen) atoms. The zero-order valence-corrected chi connectivity index (χ0v) is 26.9.